The SMILES string of the molecule is C#Cc1ncn(-c2ccc(Cl)cc2)c1C#C. The number of nitrogens with zero attached hydrogens (tertiary/aromatic N) is 2. The van der Waals surface area contributed by atoms with Crippen molar-refractivity contribution < 1.29 is 0 Å². The summed E-state index contributed by atoms with van der Waals surface area (Å²) in [6, 6.07) is 7.27. The summed E-state index contributed by atoms with van der Waals surface area (Å²) in [7, 11) is 0. The highest BCUT2D eigenvalue weighted by atomic mass is 35.5. The molecule has 0 saturated carbocycles. The highest BCUT2D eigenvalue weighted by molar-refractivity contribution is 6.30. The van der Waals surface area contributed by atoms with Crippen molar-refractivity contribution in [2.75, 3.05) is 0 Å². The maximum Gasteiger partial charge on any atom is 0.147 e. The van der Waals surface area contributed by atoms with Crippen molar-refractivity contribution in [3.63, 3.8) is 0 Å². The van der Waals surface area contributed by atoms with Gasteiger partial charge in [-0.05, 0) is 36.1 Å². The molecule has 0 aliphatic rings. The minimum Gasteiger partial charge on any atom is -0.291 e. The molecule has 0 bridgehead atoms. The van der Waals surface area contributed by atoms with Crippen LogP contribution < -0.4 is 0 Å². The molecule has 76 valence electrons. The van der Waals surface area contributed by atoms with E-state index in [1.165, 1.54) is 0 Å². The van der Waals surface area contributed by atoms with Crippen molar-refractivity contribution in [1.29, 1.82) is 0 Å². The van der Waals surface area contributed by atoms with Gasteiger partial charge >= 0.3 is 0 Å². The monoisotopic (exact) mass is 226 g/mol. The summed E-state index contributed by atoms with van der Waals surface area (Å²) >= 11 is 5.81. The number of benzene rings is 1. The van der Waals surface area contributed by atoms with Crippen LogP contribution in [0.3, 0.4) is 0 Å². The van der Waals surface area contributed by atoms with Crippen molar-refractivity contribution in [2.24, 2.45) is 0 Å². The molecule has 0 saturated heterocycles. The molecular formula is C13H7ClN2. The lowest BCUT2D eigenvalue weighted by Gasteiger charge is -2.03. The van der Waals surface area contributed by atoms with Crippen LogP contribution in [0.4, 0.5) is 0 Å². The van der Waals surface area contributed by atoms with Gasteiger partial charge in [-0.2, -0.15) is 0 Å². The van der Waals surface area contributed by atoms with Crippen LogP contribution in [-0.2, 0) is 0 Å². The molecule has 0 aliphatic carbocycles. The fourth-order valence-corrected chi connectivity index (χ4v) is 1.52. The average molecular weight is 227 g/mol. The van der Waals surface area contributed by atoms with Crippen molar-refractivity contribution in [2.45, 2.75) is 0 Å². The summed E-state index contributed by atoms with van der Waals surface area (Å²) < 4.78 is 1.76. The fourth-order valence-electron chi connectivity index (χ4n) is 1.39. The zero-order valence-electron chi connectivity index (χ0n) is 8.31. The molecule has 0 spiro atoms. The van der Waals surface area contributed by atoms with E-state index in [-0.39, 0.29) is 0 Å². The molecule has 1 aromatic carbocycles. The Balaban J connectivity index is 2.58. The van der Waals surface area contributed by atoms with E-state index in [2.05, 4.69) is 16.8 Å². The van der Waals surface area contributed by atoms with Crippen LogP contribution in [0, 0.1) is 24.7 Å². The summed E-state index contributed by atoms with van der Waals surface area (Å²) in [5, 5.41) is 0.670. The zero-order chi connectivity index (χ0) is 11.5. The quantitative estimate of drug-likeness (QED) is 0.684. The number of terminal acetylenes is 2. The van der Waals surface area contributed by atoms with Crippen LogP contribution in [0.15, 0.2) is 30.6 Å². The average Bonchev–Trinajstić information content (AvgIpc) is 2.72. The Morgan fingerprint density at radius 2 is 1.81 bits per heavy atom. The second-order valence-corrected chi connectivity index (χ2v) is 3.51. The molecule has 3 heteroatoms. The third kappa shape index (κ3) is 1.67. The van der Waals surface area contributed by atoms with Crippen molar-refractivity contribution in [3.8, 4) is 30.4 Å². The Morgan fingerprint density at radius 3 is 2.38 bits per heavy atom. The van der Waals surface area contributed by atoms with Gasteiger partial charge in [0, 0.05) is 10.7 Å². The molecule has 0 unspecified atom stereocenters. The van der Waals surface area contributed by atoms with Gasteiger partial charge in [-0.15, -0.1) is 12.8 Å². The molecule has 0 radical (unpaired) electrons. The smallest absolute Gasteiger partial charge is 0.147 e. The number of imidazole rings is 1. The van der Waals surface area contributed by atoms with E-state index in [0.29, 0.717) is 16.4 Å². The van der Waals surface area contributed by atoms with Gasteiger partial charge < -0.3 is 0 Å². The number of halogens is 1. The third-order valence-corrected chi connectivity index (χ3v) is 2.40. The standard InChI is InChI=1S/C13H7ClN2/c1-3-12-13(4-2)16(9-15-12)11-7-5-10(14)6-8-11/h1-2,5-9H. The third-order valence-electron chi connectivity index (χ3n) is 2.15. The summed E-state index contributed by atoms with van der Waals surface area (Å²) in [5.74, 6) is 4.98. The second kappa shape index (κ2) is 4.14. The molecule has 2 aromatic rings. The maximum atomic E-state index is 5.81. The molecule has 2 nitrogen and oxygen atoms in total. The second-order valence-electron chi connectivity index (χ2n) is 3.08. The summed E-state index contributed by atoms with van der Waals surface area (Å²) in [4.78, 5) is 4.06. The van der Waals surface area contributed by atoms with Gasteiger partial charge in [-0.25, -0.2) is 4.98 Å². The summed E-state index contributed by atoms with van der Waals surface area (Å²) in [6.07, 6.45) is 12.3. The minimum absolute atomic E-state index is 0.470. The van der Waals surface area contributed by atoms with E-state index in [4.69, 9.17) is 24.4 Å². The van der Waals surface area contributed by atoms with Gasteiger partial charge in [-0.1, -0.05) is 11.6 Å². The first-order valence-electron chi connectivity index (χ1n) is 4.52. The van der Waals surface area contributed by atoms with Crippen molar-refractivity contribution in [3.05, 3.63) is 47.0 Å². The predicted molar refractivity (Wildman–Crippen MR) is 64.4 cm³/mol. The van der Waals surface area contributed by atoms with E-state index in [1.807, 2.05) is 12.1 Å². The van der Waals surface area contributed by atoms with Gasteiger partial charge in [0.15, 0.2) is 0 Å². The maximum absolute atomic E-state index is 5.81. The molecule has 0 atom stereocenters. The van der Waals surface area contributed by atoms with Crippen LogP contribution in [0.5, 0.6) is 0 Å². The van der Waals surface area contributed by atoms with Crippen LogP contribution >= 0.6 is 11.6 Å². The first kappa shape index (κ1) is 10.4. The molecule has 0 aliphatic heterocycles. The predicted octanol–water partition coefficient (Wildman–Crippen LogP) is 2.49. The van der Waals surface area contributed by atoms with Crippen LogP contribution in [0.1, 0.15) is 11.4 Å². The van der Waals surface area contributed by atoms with Gasteiger partial charge in [0.05, 0.1) is 0 Å². The molecule has 1 aromatic heterocycles. The van der Waals surface area contributed by atoms with Crippen molar-refractivity contribution in [1.82, 2.24) is 9.55 Å². The van der Waals surface area contributed by atoms with Crippen LogP contribution in [0.25, 0.3) is 5.69 Å². The van der Waals surface area contributed by atoms with Gasteiger partial charge in [0.1, 0.15) is 17.7 Å². The lowest BCUT2D eigenvalue weighted by Crippen LogP contribution is -1.95. The first-order chi connectivity index (χ1) is 7.76. The Labute approximate surface area is 98.9 Å². The molecule has 0 fully saturated rings. The Kier molecular flexibility index (Phi) is 2.68. The molecule has 0 amide bonds. The molecular weight excluding hydrogens is 220 g/mol. The van der Waals surface area contributed by atoms with Gasteiger partial charge in [0.2, 0.25) is 0 Å². The first-order valence-corrected chi connectivity index (χ1v) is 4.90. The number of hydrogen-bond donors (Lipinski definition) is 0. The Morgan fingerprint density at radius 1 is 1.12 bits per heavy atom. The number of rotatable bonds is 1. The van der Waals surface area contributed by atoms with Gasteiger partial charge in [-0.3, -0.25) is 4.57 Å². The van der Waals surface area contributed by atoms with E-state index < -0.39 is 0 Å². The van der Waals surface area contributed by atoms with E-state index in [9.17, 15) is 0 Å². The zero-order valence-corrected chi connectivity index (χ0v) is 9.07. The van der Waals surface area contributed by atoms with Crippen molar-refractivity contribution >= 4 is 11.6 Å². The number of hydrogen-bond acceptors (Lipinski definition) is 1. The lowest BCUT2D eigenvalue weighted by atomic mass is 10.3. The van der Waals surface area contributed by atoms with E-state index >= 15 is 0 Å². The molecule has 0 N–H and O–H groups in total. The summed E-state index contributed by atoms with van der Waals surface area (Å²) in [6.45, 7) is 0. The Hall–Kier alpha value is -2.16. The highest BCUT2D eigenvalue weighted by Gasteiger charge is 2.07. The summed E-state index contributed by atoms with van der Waals surface area (Å²) in [5.41, 5.74) is 1.92. The Bertz CT molecular complexity index is 594. The van der Waals surface area contributed by atoms with Crippen LogP contribution in [-0.4, -0.2) is 9.55 Å². The van der Waals surface area contributed by atoms with E-state index in [1.54, 1.807) is 23.0 Å². The number of aromatic nitrogens is 2. The topological polar surface area (TPSA) is 17.8 Å². The molecule has 2 rings (SSSR count). The molecule has 16 heavy (non-hydrogen) atoms. The van der Waals surface area contributed by atoms with E-state index in [0.717, 1.165) is 5.69 Å². The minimum atomic E-state index is 0.470. The normalized spacial score (nSPS) is 9.44. The largest absolute Gasteiger partial charge is 0.291 e. The molecule has 1 heterocycles. The van der Waals surface area contributed by atoms with Gasteiger partial charge in [0.25, 0.3) is 0 Å². The fraction of sp³-hybridized carbons (Fsp3) is 0. The van der Waals surface area contributed by atoms with Crippen LogP contribution in [0.2, 0.25) is 5.02 Å². The highest BCUT2D eigenvalue weighted by Crippen LogP contribution is 2.16. The lowest BCUT2D eigenvalue weighted by molar-refractivity contribution is 1.04.